The molecule has 1 aliphatic rings. The average Bonchev–Trinajstić information content (AvgIpc) is 3.48. The first-order chi connectivity index (χ1) is 16.9. The molecule has 1 aromatic rings. The van der Waals surface area contributed by atoms with Gasteiger partial charge in [0.05, 0.1) is 0 Å². The Labute approximate surface area is 217 Å². The van der Waals surface area contributed by atoms with Crippen molar-refractivity contribution in [3.8, 4) is 0 Å². The molecule has 1 aromatic carbocycles. The third-order valence-electron chi connectivity index (χ3n) is 6.46. The summed E-state index contributed by atoms with van der Waals surface area (Å²) in [6.45, 7) is 16.2. The van der Waals surface area contributed by atoms with Gasteiger partial charge in [0.15, 0.2) is 0 Å². The fraction of sp³-hybridized carbons (Fsp3) is 0.690. The lowest BCUT2D eigenvalue weighted by molar-refractivity contribution is -0.143. The molecule has 0 saturated heterocycles. The van der Waals surface area contributed by atoms with Crippen LogP contribution in [0, 0.1) is 18.8 Å². The second-order valence-electron chi connectivity index (χ2n) is 11.6. The van der Waals surface area contributed by atoms with E-state index in [1.165, 1.54) is 0 Å². The molecule has 36 heavy (non-hydrogen) atoms. The maximum atomic E-state index is 14.2. The quantitative estimate of drug-likeness (QED) is 0.369. The number of ether oxygens (including phenoxy) is 1. The molecule has 4 unspecified atom stereocenters. The number of carbonyl (C=O) groups is 3. The maximum Gasteiger partial charge on any atom is 0.408 e. The zero-order valence-electron chi connectivity index (χ0n) is 23.5. The van der Waals surface area contributed by atoms with E-state index in [1.807, 2.05) is 45.0 Å². The number of aryl methyl sites for hydroxylation is 1. The first kappa shape index (κ1) is 29.7. The van der Waals surface area contributed by atoms with Gasteiger partial charge in [-0.1, -0.05) is 64.8 Å². The van der Waals surface area contributed by atoms with Crippen LogP contribution >= 0.6 is 0 Å². The average molecular weight is 502 g/mol. The Morgan fingerprint density at radius 3 is 2.31 bits per heavy atom. The highest BCUT2D eigenvalue weighted by molar-refractivity contribution is 5.92. The van der Waals surface area contributed by atoms with E-state index in [-0.39, 0.29) is 29.7 Å². The lowest BCUT2D eigenvalue weighted by atomic mass is 9.96. The molecule has 4 atom stereocenters. The summed E-state index contributed by atoms with van der Waals surface area (Å²) in [6, 6.07) is 6.14. The third-order valence-corrected chi connectivity index (χ3v) is 6.46. The summed E-state index contributed by atoms with van der Waals surface area (Å²) in [5.74, 6) is 0.0380. The Morgan fingerprint density at radius 1 is 1.14 bits per heavy atom. The van der Waals surface area contributed by atoms with Gasteiger partial charge < -0.3 is 20.3 Å². The van der Waals surface area contributed by atoms with Gasteiger partial charge in [-0.05, 0) is 69.9 Å². The number of unbranched alkanes of at least 4 members (excludes halogenated alkanes) is 2. The van der Waals surface area contributed by atoms with Crippen molar-refractivity contribution in [1.82, 2.24) is 15.5 Å². The molecule has 202 valence electrons. The van der Waals surface area contributed by atoms with Gasteiger partial charge in [0, 0.05) is 12.6 Å². The summed E-state index contributed by atoms with van der Waals surface area (Å²) in [5, 5.41) is 5.90. The number of nitrogens with one attached hydrogen (secondary N) is 2. The van der Waals surface area contributed by atoms with Crippen molar-refractivity contribution in [1.29, 1.82) is 0 Å². The van der Waals surface area contributed by atoms with Crippen LogP contribution in [-0.2, 0) is 14.3 Å². The topological polar surface area (TPSA) is 87.7 Å². The SMILES string of the molecule is CCCCCNC(=O)C(c1ccccc1C)N(C(=O)C(CC(C)C)NC(=O)OC(C)(C)C)C1CC1C. The number of alkyl carbamates (subject to hydrolysis) is 1. The molecule has 7 heteroatoms. The van der Waals surface area contributed by atoms with Crippen molar-refractivity contribution in [2.24, 2.45) is 11.8 Å². The number of hydrogen-bond donors (Lipinski definition) is 2. The molecule has 0 heterocycles. The number of nitrogens with zero attached hydrogens (tertiary/aromatic N) is 1. The van der Waals surface area contributed by atoms with Gasteiger partial charge in [-0.15, -0.1) is 0 Å². The second-order valence-corrected chi connectivity index (χ2v) is 11.6. The van der Waals surface area contributed by atoms with Gasteiger partial charge in [-0.3, -0.25) is 9.59 Å². The van der Waals surface area contributed by atoms with Gasteiger partial charge in [0.1, 0.15) is 17.7 Å². The van der Waals surface area contributed by atoms with Crippen LogP contribution in [0.15, 0.2) is 24.3 Å². The predicted octanol–water partition coefficient (Wildman–Crippen LogP) is 5.52. The van der Waals surface area contributed by atoms with Crippen LogP contribution < -0.4 is 10.6 Å². The highest BCUT2D eigenvalue weighted by atomic mass is 16.6. The van der Waals surface area contributed by atoms with Crippen molar-refractivity contribution in [3.05, 3.63) is 35.4 Å². The Morgan fingerprint density at radius 2 is 1.78 bits per heavy atom. The zero-order valence-corrected chi connectivity index (χ0v) is 23.5. The smallest absolute Gasteiger partial charge is 0.408 e. The van der Waals surface area contributed by atoms with E-state index in [0.29, 0.717) is 13.0 Å². The molecule has 1 aliphatic carbocycles. The minimum Gasteiger partial charge on any atom is -0.444 e. The van der Waals surface area contributed by atoms with Crippen LogP contribution in [-0.4, -0.2) is 47.0 Å². The lowest BCUT2D eigenvalue weighted by Gasteiger charge is -2.36. The van der Waals surface area contributed by atoms with Gasteiger partial charge in [0.2, 0.25) is 11.8 Å². The van der Waals surface area contributed by atoms with E-state index in [1.54, 1.807) is 25.7 Å². The van der Waals surface area contributed by atoms with Crippen molar-refractivity contribution in [2.75, 3.05) is 6.54 Å². The normalized spacial score (nSPS) is 18.8. The Balaban J connectivity index is 2.44. The highest BCUT2D eigenvalue weighted by Gasteiger charge is 2.48. The molecule has 1 fully saturated rings. The lowest BCUT2D eigenvalue weighted by Crippen LogP contribution is -2.54. The third kappa shape index (κ3) is 8.82. The van der Waals surface area contributed by atoms with Crippen molar-refractivity contribution in [3.63, 3.8) is 0 Å². The Bertz CT molecular complexity index is 893. The van der Waals surface area contributed by atoms with E-state index >= 15 is 0 Å². The summed E-state index contributed by atoms with van der Waals surface area (Å²) in [5.41, 5.74) is 1.10. The summed E-state index contributed by atoms with van der Waals surface area (Å²) < 4.78 is 5.46. The van der Waals surface area contributed by atoms with E-state index in [0.717, 1.165) is 36.8 Å². The molecule has 2 rings (SSSR count). The largest absolute Gasteiger partial charge is 0.444 e. The number of benzene rings is 1. The van der Waals surface area contributed by atoms with Crippen molar-refractivity contribution < 1.29 is 19.1 Å². The molecule has 2 N–H and O–H groups in total. The van der Waals surface area contributed by atoms with Gasteiger partial charge >= 0.3 is 6.09 Å². The summed E-state index contributed by atoms with van der Waals surface area (Å²) in [6.07, 6.45) is 3.66. The number of carbonyl (C=O) groups excluding carboxylic acids is 3. The molecular formula is C29H47N3O4. The minimum absolute atomic E-state index is 0.0569. The van der Waals surface area contributed by atoms with Crippen molar-refractivity contribution in [2.45, 2.75) is 111 Å². The van der Waals surface area contributed by atoms with E-state index < -0.39 is 23.8 Å². The van der Waals surface area contributed by atoms with Crippen molar-refractivity contribution >= 4 is 17.9 Å². The van der Waals surface area contributed by atoms with E-state index in [9.17, 15) is 14.4 Å². The fourth-order valence-corrected chi connectivity index (χ4v) is 4.49. The molecule has 0 aromatic heterocycles. The van der Waals surface area contributed by atoms with E-state index in [2.05, 4.69) is 24.5 Å². The standard InChI is InChI=1S/C29H47N3O4/c1-9-10-13-16-30-26(33)25(22-15-12-11-14-20(22)4)32(24-18-21(24)5)27(34)23(17-19(2)3)31-28(35)36-29(6,7)8/h11-12,14-15,19,21,23-25H,9-10,13,16-18H2,1-8H3,(H,30,33)(H,31,35). The molecule has 0 bridgehead atoms. The molecule has 0 aliphatic heterocycles. The van der Waals surface area contributed by atoms with Crippen LogP contribution in [0.2, 0.25) is 0 Å². The zero-order chi connectivity index (χ0) is 27.0. The van der Waals surface area contributed by atoms with E-state index in [4.69, 9.17) is 4.74 Å². The van der Waals surface area contributed by atoms with Crippen LogP contribution in [0.1, 0.15) is 97.7 Å². The molecule has 0 spiro atoms. The molecule has 7 nitrogen and oxygen atoms in total. The summed E-state index contributed by atoms with van der Waals surface area (Å²) in [4.78, 5) is 42.3. The molecular weight excluding hydrogens is 454 g/mol. The highest BCUT2D eigenvalue weighted by Crippen LogP contribution is 2.41. The van der Waals surface area contributed by atoms with Gasteiger partial charge in [-0.25, -0.2) is 4.79 Å². The summed E-state index contributed by atoms with van der Waals surface area (Å²) >= 11 is 0. The van der Waals surface area contributed by atoms with Crippen LogP contribution in [0.5, 0.6) is 0 Å². The summed E-state index contributed by atoms with van der Waals surface area (Å²) in [7, 11) is 0. The Hall–Kier alpha value is -2.57. The first-order valence-electron chi connectivity index (χ1n) is 13.5. The van der Waals surface area contributed by atoms with Gasteiger partial charge in [0.25, 0.3) is 0 Å². The monoisotopic (exact) mass is 501 g/mol. The fourth-order valence-electron chi connectivity index (χ4n) is 4.49. The molecule has 0 radical (unpaired) electrons. The predicted molar refractivity (Wildman–Crippen MR) is 143 cm³/mol. The Kier molecular flexibility index (Phi) is 10.8. The second kappa shape index (κ2) is 13.1. The van der Waals surface area contributed by atoms with Crippen LogP contribution in [0.4, 0.5) is 4.79 Å². The number of rotatable bonds is 12. The first-order valence-corrected chi connectivity index (χ1v) is 13.5. The molecule has 3 amide bonds. The van der Waals surface area contributed by atoms with Crippen LogP contribution in [0.25, 0.3) is 0 Å². The molecule has 1 saturated carbocycles. The van der Waals surface area contributed by atoms with Gasteiger partial charge in [-0.2, -0.15) is 0 Å². The minimum atomic E-state index is -0.785. The maximum absolute atomic E-state index is 14.2. The number of hydrogen-bond acceptors (Lipinski definition) is 4. The number of amides is 3. The van der Waals surface area contributed by atoms with Crippen LogP contribution in [0.3, 0.4) is 0 Å².